The van der Waals surface area contributed by atoms with Crippen LogP contribution in [0.3, 0.4) is 0 Å². The van der Waals surface area contributed by atoms with Gasteiger partial charge in [-0.2, -0.15) is 0 Å². The van der Waals surface area contributed by atoms with Gasteiger partial charge in [-0.15, -0.1) is 0 Å². The molecule has 142 valence electrons. The Morgan fingerprint density at radius 3 is 2.93 bits per heavy atom. The van der Waals surface area contributed by atoms with Crippen LogP contribution in [0.5, 0.6) is 0 Å². The Labute approximate surface area is 162 Å². The van der Waals surface area contributed by atoms with Crippen molar-refractivity contribution in [1.29, 1.82) is 0 Å². The van der Waals surface area contributed by atoms with Crippen LogP contribution in [0.2, 0.25) is 0 Å². The van der Waals surface area contributed by atoms with Gasteiger partial charge in [-0.05, 0) is 25.2 Å². The van der Waals surface area contributed by atoms with Crippen LogP contribution in [0.25, 0.3) is 0 Å². The van der Waals surface area contributed by atoms with Crippen LogP contribution in [0.4, 0.5) is 0 Å². The van der Waals surface area contributed by atoms with Crippen LogP contribution in [-0.4, -0.2) is 46.4 Å². The maximum Gasteiger partial charge on any atom is 0.330 e. The third-order valence-electron chi connectivity index (χ3n) is 3.79. The molecule has 0 spiro atoms. The molecule has 1 saturated heterocycles. The molecule has 0 saturated carbocycles. The molecule has 1 aromatic carbocycles. The van der Waals surface area contributed by atoms with Gasteiger partial charge in [0, 0.05) is 24.0 Å². The van der Waals surface area contributed by atoms with Crippen molar-refractivity contribution in [1.82, 2.24) is 9.97 Å². The van der Waals surface area contributed by atoms with Gasteiger partial charge in [0.05, 0.1) is 13.2 Å². The SMILES string of the molecule is CCOC(=O)/C=C/[C@@H]1O[C@H](c2ccccc2)OC[C@H]1OC(=S)c1ncc[nH]1. The minimum absolute atomic E-state index is 0.199. The van der Waals surface area contributed by atoms with E-state index in [1.165, 1.54) is 6.08 Å². The smallest absolute Gasteiger partial charge is 0.330 e. The number of nitrogens with one attached hydrogen (secondary N) is 1. The zero-order valence-electron chi connectivity index (χ0n) is 14.7. The Hall–Kier alpha value is -2.55. The average molecular weight is 388 g/mol. The van der Waals surface area contributed by atoms with Crippen molar-refractivity contribution in [3.8, 4) is 0 Å². The standard InChI is InChI=1S/C19H20N2O5S/c1-2-23-16(22)9-8-14-15(26-19(27)17-20-10-11-21-17)12-24-18(25-14)13-6-4-3-5-7-13/h3-11,14-15,18H,2,12H2,1H3,(H,20,21)/b9-8+/t14-,15+,18+/m0/s1. The largest absolute Gasteiger partial charge is 0.472 e. The van der Waals surface area contributed by atoms with Crippen LogP contribution in [-0.2, 0) is 23.7 Å². The van der Waals surface area contributed by atoms with Crippen molar-refractivity contribution in [2.24, 2.45) is 0 Å². The molecule has 2 aromatic rings. The number of benzene rings is 1. The number of thiocarbonyl (C=S) groups is 1. The highest BCUT2D eigenvalue weighted by atomic mass is 32.1. The summed E-state index contributed by atoms with van der Waals surface area (Å²) in [5, 5.41) is 0.199. The minimum Gasteiger partial charge on any atom is -0.472 e. The summed E-state index contributed by atoms with van der Waals surface area (Å²) in [6.45, 7) is 2.28. The number of aromatic nitrogens is 2. The summed E-state index contributed by atoms with van der Waals surface area (Å²) in [7, 11) is 0. The highest BCUT2D eigenvalue weighted by Gasteiger charge is 2.34. The van der Waals surface area contributed by atoms with Crippen molar-refractivity contribution < 1.29 is 23.7 Å². The van der Waals surface area contributed by atoms with Gasteiger partial charge in [0.2, 0.25) is 5.05 Å². The average Bonchev–Trinajstić information content (AvgIpc) is 3.23. The van der Waals surface area contributed by atoms with Crippen LogP contribution in [0, 0.1) is 0 Å². The van der Waals surface area contributed by atoms with Gasteiger partial charge in [-0.1, -0.05) is 30.3 Å². The van der Waals surface area contributed by atoms with E-state index in [-0.39, 0.29) is 11.7 Å². The molecule has 8 heteroatoms. The molecule has 1 aliphatic rings. The second kappa shape index (κ2) is 9.40. The van der Waals surface area contributed by atoms with E-state index in [0.29, 0.717) is 12.4 Å². The fourth-order valence-electron chi connectivity index (χ4n) is 2.54. The first kappa shape index (κ1) is 19.2. The van der Waals surface area contributed by atoms with Gasteiger partial charge in [0.15, 0.2) is 18.2 Å². The third kappa shape index (κ3) is 5.22. The van der Waals surface area contributed by atoms with E-state index in [0.717, 1.165) is 5.56 Å². The van der Waals surface area contributed by atoms with Crippen molar-refractivity contribution in [3.05, 3.63) is 66.3 Å². The van der Waals surface area contributed by atoms with E-state index in [9.17, 15) is 4.79 Å². The van der Waals surface area contributed by atoms with E-state index < -0.39 is 24.5 Å². The first-order chi connectivity index (χ1) is 13.2. The number of carbonyl (C=O) groups is 1. The lowest BCUT2D eigenvalue weighted by Crippen LogP contribution is -2.42. The lowest BCUT2D eigenvalue weighted by Gasteiger charge is -2.35. The highest BCUT2D eigenvalue weighted by Crippen LogP contribution is 2.28. The number of rotatable bonds is 6. The second-order valence-corrected chi connectivity index (χ2v) is 6.04. The maximum atomic E-state index is 11.7. The lowest BCUT2D eigenvalue weighted by molar-refractivity contribution is -0.240. The molecule has 1 aromatic heterocycles. The van der Waals surface area contributed by atoms with Crippen LogP contribution < -0.4 is 0 Å². The van der Waals surface area contributed by atoms with Crippen molar-refractivity contribution in [3.63, 3.8) is 0 Å². The molecule has 0 radical (unpaired) electrons. The summed E-state index contributed by atoms with van der Waals surface area (Å²) in [5.41, 5.74) is 0.874. The highest BCUT2D eigenvalue weighted by molar-refractivity contribution is 7.80. The summed E-state index contributed by atoms with van der Waals surface area (Å²) in [4.78, 5) is 18.6. The minimum atomic E-state index is -0.569. The predicted molar refractivity (Wildman–Crippen MR) is 101 cm³/mol. The molecule has 27 heavy (non-hydrogen) atoms. The Balaban J connectivity index is 1.73. The van der Waals surface area contributed by atoms with Gasteiger partial charge in [-0.25, -0.2) is 9.78 Å². The molecule has 1 fully saturated rings. The van der Waals surface area contributed by atoms with Gasteiger partial charge >= 0.3 is 5.97 Å². The van der Waals surface area contributed by atoms with E-state index in [1.54, 1.807) is 25.4 Å². The third-order valence-corrected chi connectivity index (χ3v) is 4.08. The number of aromatic amines is 1. The number of nitrogens with zero attached hydrogens (tertiary/aromatic N) is 1. The first-order valence-electron chi connectivity index (χ1n) is 8.54. The fourth-order valence-corrected chi connectivity index (χ4v) is 2.77. The van der Waals surface area contributed by atoms with E-state index in [2.05, 4.69) is 9.97 Å². The Morgan fingerprint density at radius 1 is 1.41 bits per heavy atom. The molecule has 0 amide bonds. The Morgan fingerprint density at radius 2 is 2.22 bits per heavy atom. The zero-order valence-corrected chi connectivity index (χ0v) is 15.6. The van der Waals surface area contributed by atoms with Crippen LogP contribution in [0.15, 0.2) is 54.9 Å². The summed E-state index contributed by atoms with van der Waals surface area (Å²) < 4.78 is 22.5. The number of ether oxygens (including phenoxy) is 4. The summed E-state index contributed by atoms with van der Waals surface area (Å²) in [6.07, 6.45) is 4.51. The van der Waals surface area contributed by atoms with E-state index in [4.69, 9.17) is 31.2 Å². The topological polar surface area (TPSA) is 82.7 Å². The fraction of sp³-hybridized carbons (Fsp3) is 0.316. The molecular formula is C19H20N2O5S. The number of hydrogen-bond acceptors (Lipinski definition) is 7. The van der Waals surface area contributed by atoms with E-state index >= 15 is 0 Å². The Kier molecular flexibility index (Phi) is 6.69. The number of imidazole rings is 1. The van der Waals surface area contributed by atoms with Crippen molar-refractivity contribution >= 4 is 23.2 Å². The van der Waals surface area contributed by atoms with Crippen molar-refractivity contribution in [2.45, 2.75) is 25.4 Å². The molecule has 0 aliphatic carbocycles. The molecule has 0 bridgehead atoms. The number of hydrogen-bond donors (Lipinski definition) is 1. The predicted octanol–water partition coefficient (Wildman–Crippen LogP) is 2.70. The quantitative estimate of drug-likeness (QED) is 0.463. The number of H-pyrrole nitrogens is 1. The molecule has 0 unspecified atom stereocenters. The van der Waals surface area contributed by atoms with Crippen LogP contribution >= 0.6 is 12.2 Å². The van der Waals surface area contributed by atoms with Crippen molar-refractivity contribution in [2.75, 3.05) is 13.2 Å². The molecule has 1 aliphatic heterocycles. The number of esters is 1. The zero-order chi connectivity index (χ0) is 19.1. The monoisotopic (exact) mass is 388 g/mol. The molecule has 3 rings (SSSR count). The van der Waals surface area contributed by atoms with Gasteiger partial charge in [0.25, 0.3) is 0 Å². The summed E-state index contributed by atoms with van der Waals surface area (Å²) in [5.74, 6) is -0.000445. The molecule has 3 atom stereocenters. The Bertz CT molecular complexity index is 779. The summed E-state index contributed by atoms with van der Waals surface area (Å²) in [6, 6.07) is 9.54. The van der Waals surface area contributed by atoms with E-state index in [1.807, 2.05) is 30.3 Å². The molecule has 7 nitrogen and oxygen atoms in total. The number of carbonyl (C=O) groups excluding carboxylic acids is 1. The normalized spacial score (nSPS) is 22.5. The lowest BCUT2D eigenvalue weighted by atomic mass is 10.1. The van der Waals surface area contributed by atoms with Gasteiger partial charge < -0.3 is 23.9 Å². The second-order valence-electron chi connectivity index (χ2n) is 5.67. The van der Waals surface area contributed by atoms with Gasteiger partial charge in [-0.3, -0.25) is 0 Å². The molecule has 2 heterocycles. The van der Waals surface area contributed by atoms with Gasteiger partial charge in [0.1, 0.15) is 6.10 Å². The molecular weight excluding hydrogens is 368 g/mol. The maximum absolute atomic E-state index is 11.7. The van der Waals surface area contributed by atoms with Crippen LogP contribution in [0.1, 0.15) is 24.6 Å². The molecule has 1 N–H and O–H groups in total. The summed E-state index contributed by atoms with van der Waals surface area (Å²) >= 11 is 5.27. The first-order valence-corrected chi connectivity index (χ1v) is 8.95.